The normalized spacial score (nSPS) is 12.2. The Labute approximate surface area is 115 Å². The number of hydrogen-bond donors (Lipinski definition) is 1. The molecule has 0 spiro atoms. The molecular weight excluding hydrogens is 275 g/mol. The van der Waals surface area contributed by atoms with E-state index in [-0.39, 0.29) is 0 Å². The summed E-state index contributed by atoms with van der Waals surface area (Å²) in [5.41, 5.74) is 0. The molecule has 1 rings (SSSR count). The monoisotopic (exact) mass is 295 g/mol. The van der Waals surface area contributed by atoms with Crippen LogP contribution in [0.5, 0.6) is 0 Å². The minimum Gasteiger partial charge on any atom is -0.339 e. The van der Waals surface area contributed by atoms with Gasteiger partial charge in [-0.3, -0.25) is 0 Å². The summed E-state index contributed by atoms with van der Waals surface area (Å²) < 4.78 is 37.5. The Balaban J connectivity index is 2.69. The lowest BCUT2D eigenvalue weighted by atomic mass is 10.4. The molecule has 0 bridgehead atoms. The second-order valence-electron chi connectivity index (χ2n) is 4.68. The molecule has 0 atom stereocenters. The molecule has 0 aliphatic carbocycles. The minimum absolute atomic E-state index is 0.340. The Morgan fingerprint density at radius 2 is 2.11 bits per heavy atom. The van der Waals surface area contributed by atoms with Crippen LogP contribution < -0.4 is 10.2 Å². The number of halogens is 3. The molecule has 0 saturated heterocycles. The molecular formula is C12H20F3N3S. The second-order valence-corrected chi connectivity index (χ2v) is 5.78. The van der Waals surface area contributed by atoms with E-state index in [2.05, 4.69) is 10.3 Å². The SMILES string of the molecule is CCCN(CC(F)(F)F)c1ncc(CNC(C)C)s1. The molecule has 0 aromatic carbocycles. The van der Waals surface area contributed by atoms with Gasteiger partial charge in [0.05, 0.1) is 0 Å². The van der Waals surface area contributed by atoms with Gasteiger partial charge in [0, 0.05) is 30.2 Å². The number of aromatic nitrogens is 1. The van der Waals surface area contributed by atoms with Crippen LogP contribution in [0.2, 0.25) is 0 Å². The molecule has 0 aliphatic heterocycles. The third-order valence-electron chi connectivity index (χ3n) is 2.36. The van der Waals surface area contributed by atoms with Crippen LogP contribution in [0, 0.1) is 0 Å². The molecule has 110 valence electrons. The molecule has 0 amide bonds. The van der Waals surface area contributed by atoms with Gasteiger partial charge in [-0.1, -0.05) is 20.8 Å². The van der Waals surface area contributed by atoms with Crippen LogP contribution >= 0.6 is 11.3 Å². The Bertz CT molecular complexity index is 377. The topological polar surface area (TPSA) is 28.2 Å². The summed E-state index contributed by atoms with van der Waals surface area (Å²) in [6, 6.07) is 0.340. The predicted molar refractivity (Wildman–Crippen MR) is 72.6 cm³/mol. The number of nitrogens with zero attached hydrogens (tertiary/aromatic N) is 2. The van der Waals surface area contributed by atoms with E-state index in [0.29, 0.717) is 30.7 Å². The maximum atomic E-state index is 12.5. The number of hydrogen-bond acceptors (Lipinski definition) is 4. The molecule has 1 heterocycles. The smallest absolute Gasteiger partial charge is 0.339 e. The highest BCUT2D eigenvalue weighted by molar-refractivity contribution is 7.15. The number of rotatable bonds is 7. The molecule has 0 radical (unpaired) electrons. The van der Waals surface area contributed by atoms with Gasteiger partial charge in [-0.05, 0) is 6.42 Å². The third-order valence-corrected chi connectivity index (χ3v) is 3.42. The van der Waals surface area contributed by atoms with Gasteiger partial charge in [0.25, 0.3) is 0 Å². The zero-order valence-corrected chi connectivity index (χ0v) is 12.2. The Morgan fingerprint density at radius 3 is 2.63 bits per heavy atom. The first-order valence-corrected chi connectivity index (χ1v) is 7.13. The minimum atomic E-state index is -4.20. The third kappa shape index (κ3) is 6.24. The maximum absolute atomic E-state index is 12.5. The van der Waals surface area contributed by atoms with E-state index in [4.69, 9.17) is 0 Å². The van der Waals surface area contributed by atoms with Crippen molar-refractivity contribution in [3.05, 3.63) is 11.1 Å². The van der Waals surface area contributed by atoms with Crippen LogP contribution in [0.4, 0.5) is 18.3 Å². The van der Waals surface area contributed by atoms with Crippen molar-refractivity contribution in [2.24, 2.45) is 0 Å². The first kappa shape index (κ1) is 16.2. The Hall–Kier alpha value is -0.820. The number of alkyl halides is 3. The number of thiazole rings is 1. The van der Waals surface area contributed by atoms with Crippen molar-refractivity contribution in [2.45, 2.75) is 46.0 Å². The van der Waals surface area contributed by atoms with E-state index >= 15 is 0 Å². The van der Waals surface area contributed by atoms with Crippen molar-refractivity contribution in [2.75, 3.05) is 18.0 Å². The van der Waals surface area contributed by atoms with Crippen molar-refractivity contribution in [1.82, 2.24) is 10.3 Å². The van der Waals surface area contributed by atoms with E-state index in [9.17, 15) is 13.2 Å². The van der Waals surface area contributed by atoms with E-state index < -0.39 is 12.7 Å². The van der Waals surface area contributed by atoms with E-state index in [1.54, 1.807) is 6.20 Å². The van der Waals surface area contributed by atoms with Crippen LogP contribution in [-0.2, 0) is 6.54 Å². The van der Waals surface area contributed by atoms with Gasteiger partial charge in [-0.2, -0.15) is 13.2 Å². The highest BCUT2D eigenvalue weighted by Crippen LogP contribution is 2.26. The van der Waals surface area contributed by atoms with Crippen molar-refractivity contribution in [1.29, 1.82) is 0 Å². The van der Waals surface area contributed by atoms with Gasteiger partial charge in [-0.25, -0.2) is 4.98 Å². The lowest BCUT2D eigenvalue weighted by Gasteiger charge is -2.22. The predicted octanol–water partition coefficient (Wildman–Crippen LogP) is 3.42. The van der Waals surface area contributed by atoms with E-state index in [1.807, 2.05) is 20.8 Å². The highest BCUT2D eigenvalue weighted by atomic mass is 32.1. The summed E-state index contributed by atoms with van der Waals surface area (Å²) in [4.78, 5) is 6.35. The van der Waals surface area contributed by atoms with Crippen molar-refractivity contribution in [3.63, 3.8) is 0 Å². The average molecular weight is 295 g/mol. The maximum Gasteiger partial charge on any atom is 0.406 e. The Morgan fingerprint density at radius 1 is 1.42 bits per heavy atom. The van der Waals surface area contributed by atoms with Gasteiger partial charge in [0.1, 0.15) is 6.54 Å². The molecule has 0 unspecified atom stereocenters. The molecule has 0 fully saturated rings. The van der Waals surface area contributed by atoms with Gasteiger partial charge < -0.3 is 10.2 Å². The molecule has 1 aromatic heterocycles. The summed E-state index contributed by atoms with van der Waals surface area (Å²) in [6.07, 6.45) is -1.89. The van der Waals surface area contributed by atoms with Gasteiger partial charge in [0.2, 0.25) is 0 Å². The van der Waals surface area contributed by atoms with Crippen LogP contribution in [0.15, 0.2) is 6.20 Å². The van der Waals surface area contributed by atoms with Crippen molar-refractivity contribution >= 4 is 16.5 Å². The molecule has 1 aromatic rings. The highest BCUT2D eigenvalue weighted by Gasteiger charge is 2.31. The fraction of sp³-hybridized carbons (Fsp3) is 0.750. The lowest BCUT2D eigenvalue weighted by molar-refractivity contribution is -0.119. The van der Waals surface area contributed by atoms with Gasteiger partial charge >= 0.3 is 6.18 Å². The standard InChI is InChI=1S/C12H20F3N3S/c1-4-5-18(8-12(13,14)15)11-17-7-10(19-11)6-16-9(2)3/h7,9,16H,4-6,8H2,1-3H3. The fourth-order valence-electron chi connectivity index (χ4n) is 1.56. The second kappa shape index (κ2) is 7.09. The molecule has 0 saturated carbocycles. The van der Waals surface area contributed by atoms with Gasteiger partial charge in [0.15, 0.2) is 5.13 Å². The molecule has 0 aliphatic rings. The summed E-state index contributed by atoms with van der Waals surface area (Å²) in [7, 11) is 0. The average Bonchev–Trinajstić information content (AvgIpc) is 2.72. The Kier molecular flexibility index (Phi) is 6.06. The van der Waals surface area contributed by atoms with Crippen LogP contribution in [0.3, 0.4) is 0 Å². The number of anilines is 1. The molecule has 19 heavy (non-hydrogen) atoms. The zero-order chi connectivity index (χ0) is 14.5. The van der Waals surface area contributed by atoms with Crippen molar-refractivity contribution in [3.8, 4) is 0 Å². The lowest BCUT2D eigenvalue weighted by Crippen LogP contribution is -2.34. The summed E-state index contributed by atoms with van der Waals surface area (Å²) in [5, 5.41) is 3.67. The van der Waals surface area contributed by atoms with Crippen LogP contribution in [0.25, 0.3) is 0 Å². The molecule has 1 N–H and O–H groups in total. The summed E-state index contributed by atoms with van der Waals surface area (Å²) in [5.74, 6) is 0. The quantitative estimate of drug-likeness (QED) is 0.835. The van der Waals surface area contributed by atoms with Crippen molar-refractivity contribution < 1.29 is 13.2 Å². The van der Waals surface area contributed by atoms with Crippen LogP contribution in [0.1, 0.15) is 32.1 Å². The summed E-state index contributed by atoms with van der Waals surface area (Å²) in [6.45, 7) is 5.97. The zero-order valence-electron chi connectivity index (χ0n) is 11.4. The largest absolute Gasteiger partial charge is 0.406 e. The van der Waals surface area contributed by atoms with Gasteiger partial charge in [-0.15, -0.1) is 11.3 Å². The molecule has 3 nitrogen and oxygen atoms in total. The number of nitrogens with one attached hydrogen (secondary N) is 1. The fourth-order valence-corrected chi connectivity index (χ4v) is 2.44. The first-order valence-electron chi connectivity index (χ1n) is 6.31. The molecule has 7 heteroatoms. The van der Waals surface area contributed by atoms with E-state index in [1.165, 1.54) is 16.2 Å². The van der Waals surface area contributed by atoms with E-state index in [0.717, 1.165) is 4.88 Å². The summed E-state index contributed by atoms with van der Waals surface area (Å²) >= 11 is 1.32. The first-order chi connectivity index (χ1) is 8.81. The van der Waals surface area contributed by atoms with Crippen LogP contribution in [-0.4, -0.2) is 30.3 Å².